The van der Waals surface area contributed by atoms with Gasteiger partial charge in [-0.3, -0.25) is 10.1 Å². The molecule has 0 aromatic heterocycles. The van der Waals surface area contributed by atoms with Gasteiger partial charge in [0.15, 0.2) is 5.75 Å². The summed E-state index contributed by atoms with van der Waals surface area (Å²) in [7, 11) is 0. The molecule has 0 aliphatic carbocycles. The summed E-state index contributed by atoms with van der Waals surface area (Å²) in [5.41, 5.74) is 4.57. The first-order valence-electron chi connectivity index (χ1n) is 26.1. The molecule has 378 valence electrons. The second-order valence-corrected chi connectivity index (χ2v) is 19.5. The molecule has 5 aromatic rings. The average Bonchev–Trinajstić information content (AvgIpc) is 3.38. The lowest BCUT2D eigenvalue weighted by Crippen LogP contribution is -2.12. The molecule has 5 aromatic carbocycles. The summed E-state index contributed by atoms with van der Waals surface area (Å²) >= 11 is 2.33. The van der Waals surface area contributed by atoms with Crippen molar-refractivity contribution in [1.29, 1.82) is 0 Å². The zero-order valence-electron chi connectivity index (χ0n) is 42.3. The Morgan fingerprint density at radius 1 is 0.479 bits per heavy atom. The van der Waals surface area contributed by atoms with E-state index in [4.69, 9.17) is 18.9 Å². The van der Waals surface area contributed by atoms with Crippen LogP contribution in [0, 0.1) is 20.6 Å². The predicted molar refractivity (Wildman–Crippen MR) is 299 cm³/mol. The highest BCUT2D eigenvalue weighted by Crippen LogP contribution is 2.31. The van der Waals surface area contributed by atoms with Gasteiger partial charge in [-0.1, -0.05) is 196 Å². The van der Waals surface area contributed by atoms with Gasteiger partial charge in [-0.05, 0) is 119 Å². The van der Waals surface area contributed by atoms with Crippen molar-refractivity contribution in [2.24, 2.45) is 0 Å². The Morgan fingerprint density at radius 3 is 1.27 bits per heavy atom. The van der Waals surface area contributed by atoms with Crippen molar-refractivity contribution < 1.29 is 33.5 Å². The number of rotatable bonds is 33. The van der Waals surface area contributed by atoms with Gasteiger partial charge in [0, 0.05) is 11.6 Å². The molecule has 0 aliphatic rings. The molecule has 0 unspecified atom stereocenters. The summed E-state index contributed by atoms with van der Waals surface area (Å²) in [5.74, 6) is 0.630. The van der Waals surface area contributed by atoms with Crippen molar-refractivity contribution in [3.63, 3.8) is 0 Å². The van der Waals surface area contributed by atoms with Crippen molar-refractivity contribution in [3.8, 4) is 23.0 Å². The third-order valence-electron chi connectivity index (χ3n) is 12.5. The van der Waals surface area contributed by atoms with Gasteiger partial charge in [-0.15, -0.1) is 0 Å². The molecular weight excluding hydrogens is 1000 g/mol. The second kappa shape index (κ2) is 32.3. The van der Waals surface area contributed by atoms with Crippen LogP contribution < -0.4 is 18.9 Å². The number of halogens is 1. The first-order chi connectivity index (χ1) is 34.6. The van der Waals surface area contributed by atoms with Crippen LogP contribution in [0.15, 0.2) is 103 Å². The smallest absolute Gasteiger partial charge is 0.343 e. The van der Waals surface area contributed by atoms with E-state index in [2.05, 4.69) is 48.6 Å². The van der Waals surface area contributed by atoms with Gasteiger partial charge in [0.25, 0.3) is 0 Å². The fraction of sp³-hybridized carbons (Fsp3) is 0.410. The molecule has 0 saturated carbocycles. The van der Waals surface area contributed by atoms with Crippen LogP contribution in [0.3, 0.4) is 0 Å². The van der Waals surface area contributed by atoms with Gasteiger partial charge in [0.05, 0.1) is 32.8 Å². The summed E-state index contributed by atoms with van der Waals surface area (Å²) in [5, 5.41) is 11.9. The average molecular weight is 1080 g/mol. The number of esters is 2. The van der Waals surface area contributed by atoms with Crippen molar-refractivity contribution in [2.75, 3.05) is 13.2 Å². The first kappa shape index (κ1) is 56.2. The molecule has 0 aliphatic heterocycles. The van der Waals surface area contributed by atoms with E-state index in [1.165, 1.54) is 109 Å². The maximum atomic E-state index is 13.2. The summed E-state index contributed by atoms with van der Waals surface area (Å²) in [4.78, 5) is 37.9. The summed E-state index contributed by atoms with van der Waals surface area (Å²) in [6.07, 6.45) is 32.7. The molecule has 0 N–H and O–H groups in total. The normalized spacial score (nSPS) is 11.3. The summed E-state index contributed by atoms with van der Waals surface area (Å²) < 4.78 is 24.5. The minimum Gasteiger partial charge on any atom is -0.492 e. The van der Waals surface area contributed by atoms with Crippen LogP contribution in [-0.4, -0.2) is 30.1 Å². The number of benzene rings is 5. The molecule has 0 radical (unpaired) electrons. The lowest BCUT2D eigenvalue weighted by molar-refractivity contribution is -0.385. The molecule has 0 amide bonds. The second-order valence-electron chi connectivity index (χ2n) is 18.3. The third-order valence-corrected chi connectivity index (χ3v) is 13.4. The number of nitro benzene ring substituents is 1. The van der Waals surface area contributed by atoms with Crippen LogP contribution in [0.4, 0.5) is 5.69 Å². The fourth-order valence-corrected chi connectivity index (χ4v) is 8.86. The number of nitrogens with zero attached hydrogens (tertiary/aromatic N) is 1. The minimum absolute atomic E-state index is 0.0720. The van der Waals surface area contributed by atoms with Gasteiger partial charge in [0.1, 0.15) is 17.2 Å². The SMILES string of the molecule is CCCCCCCCCCCCOc1ccc(/C=C/c2ccc(C(=O)Oc3cccc(OC(=O)c4ccc(/C=C/c5ccc(OCCCCCCCCCCCC)c([N+](=O)[O-])c5)cc4)c3C)cc2)cc1I. The number of nitro groups is 1. The predicted octanol–water partition coefficient (Wildman–Crippen LogP) is 17.9. The Morgan fingerprint density at radius 2 is 0.845 bits per heavy atom. The van der Waals surface area contributed by atoms with Crippen molar-refractivity contribution in [1.82, 2.24) is 0 Å². The molecule has 0 spiro atoms. The molecule has 0 bridgehead atoms. The zero-order chi connectivity index (χ0) is 50.5. The van der Waals surface area contributed by atoms with E-state index in [-0.39, 0.29) is 22.9 Å². The lowest BCUT2D eigenvalue weighted by Gasteiger charge is -2.12. The maximum Gasteiger partial charge on any atom is 0.343 e. The number of carbonyl (C=O) groups excluding carboxylic acids is 2. The van der Waals surface area contributed by atoms with Crippen LogP contribution in [0.5, 0.6) is 23.0 Å². The van der Waals surface area contributed by atoms with Gasteiger partial charge in [-0.25, -0.2) is 9.59 Å². The molecule has 0 fully saturated rings. The Balaban J connectivity index is 1.04. The standard InChI is InChI=1S/C61H74INO8/c1-4-6-8-10-12-14-16-18-20-22-43-68-58-41-35-50(45-54(58)62)29-27-48-31-37-52(38-32-48)60(64)70-56-25-24-26-57(47(56)3)71-61(65)53-39-33-49(34-40-53)28-30-51-36-42-59(55(46-51)63(66)67)69-44-23-21-19-17-15-13-11-9-7-5-2/h24-42,45-46H,4-23,43-44H2,1-3H3/b29-27+,30-28+. The van der Waals surface area contributed by atoms with E-state index in [9.17, 15) is 19.7 Å². The van der Waals surface area contributed by atoms with Gasteiger partial charge in [-0.2, -0.15) is 0 Å². The largest absolute Gasteiger partial charge is 0.492 e. The van der Waals surface area contributed by atoms with Crippen LogP contribution in [0.1, 0.15) is 191 Å². The molecular formula is C61H74INO8. The van der Waals surface area contributed by atoms with Crippen LogP contribution in [-0.2, 0) is 0 Å². The molecule has 5 rings (SSSR count). The Labute approximate surface area is 436 Å². The zero-order valence-corrected chi connectivity index (χ0v) is 44.4. The van der Waals surface area contributed by atoms with E-state index in [1.54, 1.807) is 79.7 Å². The highest BCUT2D eigenvalue weighted by molar-refractivity contribution is 14.1. The van der Waals surface area contributed by atoms with Gasteiger partial charge in [0.2, 0.25) is 0 Å². The first-order valence-corrected chi connectivity index (χ1v) is 27.2. The van der Waals surface area contributed by atoms with Crippen molar-refractivity contribution >= 4 is 64.5 Å². The molecule has 0 saturated heterocycles. The Kier molecular flexibility index (Phi) is 25.5. The molecule has 0 heterocycles. The summed E-state index contributed by atoms with van der Waals surface area (Å²) in [6.45, 7) is 7.40. The van der Waals surface area contributed by atoms with Crippen molar-refractivity contribution in [3.05, 3.63) is 156 Å². The van der Waals surface area contributed by atoms with E-state index < -0.39 is 16.9 Å². The maximum absolute atomic E-state index is 13.2. The van der Waals surface area contributed by atoms with E-state index in [1.807, 2.05) is 36.4 Å². The molecule has 0 atom stereocenters. The topological polar surface area (TPSA) is 114 Å². The fourth-order valence-electron chi connectivity index (χ4n) is 8.16. The number of carbonyl (C=O) groups is 2. The number of ether oxygens (including phenoxy) is 4. The van der Waals surface area contributed by atoms with Gasteiger partial charge >= 0.3 is 17.6 Å². The Hall–Kier alpha value is -5.75. The van der Waals surface area contributed by atoms with E-state index in [0.717, 1.165) is 58.3 Å². The highest BCUT2D eigenvalue weighted by atomic mass is 127. The van der Waals surface area contributed by atoms with Crippen molar-refractivity contribution in [2.45, 2.75) is 149 Å². The lowest BCUT2D eigenvalue weighted by atomic mass is 10.1. The van der Waals surface area contributed by atoms with Crippen LogP contribution in [0.2, 0.25) is 0 Å². The highest BCUT2D eigenvalue weighted by Gasteiger charge is 2.18. The molecule has 10 heteroatoms. The number of unbranched alkanes of at least 4 members (excludes halogenated alkanes) is 18. The molecule has 9 nitrogen and oxygen atoms in total. The number of hydrogen-bond acceptors (Lipinski definition) is 8. The van der Waals surface area contributed by atoms with E-state index in [0.29, 0.717) is 28.9 Å². The van der Waals surface area contributed by atoms with Gasteiger partial charge < -0.3 is 18.9 Å². The van der Waals surface area contributed by atoms with Crippen LogP contribution in [0.25, 0.3) is 24.3 Å². The summed E-state index contributed by atoms with van der Waals surface area (Å²) in [6, 6.07) is 30.2. The minimum atomic E-state index is -0.571. The quantitative estimate of drug-likeness (QED) is 0.00776. The molecule has 71 heavy (non-hydrogen) atoms. The number of hydrogen-bond donors (Lipinski definition) is 0. The van der Waals surface area contributed by atoms with Crippen LogP contribution >= 0.6 is 22.6 Å². The monoisotopic (exact) mass is 1080 g/mol. The van der Waals surface area contributed by atoms with E-state index >= 15 is 0 Å². The Bertz CT molecular complexity index is 2460. The third kappa shape index (κ3) is 20.5.